The Kier molecular flexibility index (Phi) is 6.08. The van der Waals surface area contributed by atoms with Crippen LogP contribution >= 0.6 is 0 Å². The number of halogens is 1. The molecular formula is C26H27FN4O6S2. The van der Waals surface area contributed by atoms with Gasteiger partial charge < -0.3 is 15.3 Å². The second-order valence-electron chi connectivity index (χ2n) is 10.6. The molecule has 2 aromatic carbocycles. The molecule has 2 heterocycles. The van der Waals surface area contributed by atoms with E-state index in [0.29, 0.717) is 5.56 Å². The molecule has 206 valence electrons. The van der Waals surface area contributed by atoms with Gasteiger partial charge in [-0.1, -0.05) is 18.2 Å². The van der Waals surface area contributed by atoms with E-state index in [1.54, 1.807) is 23.1 Å². The quantitative estimate of drug-likeness (QED) is 0.481. The maximum absolute atomic E-state index is 13.9. The third-order valence-electron chi connectivity index (χ3n) is 8.11. The Labute approximate surface area is 225 Å². The van der Waals surface area contributed by atoms with Gasteiger partial charge >= 0.3 is 0 Å². The predicted octanol–water partition coefficient (Wildman–Crippen LogP) is 2.66. The third kappa shape index (κ3) is 4.61. The van der Waals surface area contributed by atoms with Crippen LogP contribution in [-0.4, -0.2) is 50.9 Å². The zero-order valence-corrected chi connectivity index (χ0v) is 22.6. The summed E-state index contributed by atoms with van der Waals surface area (Å²) in [6, 6.07) is 9.99. The number of aliphatic hydroxyl groups excluding tert-OH is 1. The van der Waals surface area contributed by atoms with Crippen LogP contribution in [0.15, 0.2) is 63.1 Å². The van der Waals surface area contributed by atoms with Crippen LogP contribution in [0.25, 0.3) is 0 Å². The largest absolute Gasteiger partial charge is 0.511 e. The van der Waals surface area contributed by atoms with Gasteiger partial charge in [0.1, 0.15) is 22.0 Å². The number of amidine groups is 1. The average Bonchev–Trinajstić information content (AvgIpc) is 3.48. The van der Waals surface area contributed by atoms with Gasteiger partial charge in [0.05, 0.1) is 11.9 Å². The highest BCUT2D eigenvalue weighted by Crippen LogP contribution is 2.55. The van der Waals surface area contributed by atoms with Crippen LogP contribution in [0.4, 0.5) is 10.1 Å². The summed E-state index contributed by atoms with van der Waals surface area (Å²) in [5.41, 5.74) is 1.12. The molecule has 39 heavy (non-hydrogen) atoms. The number of nitrogens with zero attached hydrogens (tertiary/aromatic N) is 2. The highest BCUT2D eigenvalue weighted by molar-refractivity contribution is 7.90. The Morgan fingerprint density at radius 1 is 1.13 bits per heavy atom. The normalized spacial score (nSPS) is 27.2. The second-order valence-corrected chi connectivity index (χ2v) is 14.0. The minimum Gasteiger partial charge on any atom is -0.511 e. The number of hydrogen-bond acceptors (Lipinski definition) is 7. The number of rotatable bonds is 6. The molecule has 4 atom stereocenters. The standard InChI is InChI=1S/C26H27FN4O6S2/c1-38(34,35)28-12-15-4-9-19-20(10-15)39(36,37)30-25(29-19)22-24(32)21-16-5-6-17(11-16)23(21)31(26(22)33)13-14-2-7-18(27)8-3-14/h2-4,7-10,16-17,21,23,28,32H,5-6,11-13H2,1H3,(H,29,30)/t16-,17+,21?,23?/m1/s1. The van der Waals surface area contributed by atoms with Gasteiger partial charge in [-0.15, -0.1) is 4.40 Å². The highest BCUT2D eigenvalue weighted by Gasteiger charge is 2.57. The molecule has 4 aliphatic rings. The molecule has 6 rings (SSSR count). The number of fused-ring (bicyclic) bond motifs is 6. The van der Waals surface area contributed by atoms with E-state index in [0.717, 1.165) is 31.1 Å². The van der Waals surface area contributed by atoms with Gasteiger partial charge in [0.2, 0.25) is 10.0 Å². The molecule has 2 bridgehead atoms. The van der Waals surface area contributed by atoms with Crippen molar-refractivity contribution < 1.29 is 31.1 Å². The summed E-state index contributed by atoms with van der Waals surface area (Å²) in [5.74, 6) is -1.28. The van der Waals surface area contributed by atoms with Crippen molar-refractivity contribution in [3.05, 3.63) is 70.7 Å². The number of carbonyl (C=O) groups is 1. The first kappa shape index (κ1) is 26.0. The van der Waals surface area contributed by atoms with Gasteiger partial charge in [0.25, 0.3) is 15.9 Å². The van der Waals surface area contributed by atoms with Gasteiger partial charge in [-0.05, 0) is 66.5 Å². The second kappa shape index (κ2) is 9.14. The Morgan fingerprint density at radius 2 is 1.82 bits per heavy atom. The SMILES string of the molecule is CS(=O)(=O)NCc1ccc2c(c1)S(=O)(=O)N=C(C1=C(O)C3C([C@H]4CC[C@@H]3C4)N(Cc3ccc(F)cc3)C1=O)N2. The first-order valence-electron chi connectivity index (χ1n) is 12.6. The van der Waals surface area contributed by atoms with Crippen molar-refractivity contribution in [3.8, 4) is 0 Å². The van der Waals surface area contributed by atoms with E-state index < -0.39 is 26.0 Å². The Hall–Kier alpha value is -3.29. The van der Waals surface area contributed by atoms with Crippen molar-refractivity contribution in [1.29, 1.82) is 0 Å². The predicted molar refractivity (Wildman–Crippen MR) is 141 cm³/mol. The first-order chi connectivity index (χ1) is 18.4. The van der Waals surface area contributed by atoms with Gasteiger partial charge in [-0.2, -0.15) is 8.42 Å². The van der Waals surface area contributed by atoms with E-state index in [-0.39, 0.29) is 70.5 Å². The Morgan fingerprint density at radius 3 is 2.54 bits per heavy atom. The molecule has 2 aromatic rings. The minimum absolute atomic E-state index is 0.105. The van der Waals surface area contributed by atoms with E-state index >= 15 is 0 Å². The zero-order valence-electron chi connectivity index (χ0n) is 21.0. The molecule has 0 radical (unpaired) electrons. The summed E-state index contributed by atoms with van der Waals surface area (Å²) < 4.78 is 69.0. The van der Waals surface area contributed by atoms with Gasteiger partial charge in [-0.3, -0.25) is 4.79 Å². The molecule has 10 nitrogen and oxygen atoms in total. The van der Waals surface area contributed by atoms with Gasteiger partial charge in [0.15, 0.2) is 5.84 Å². The summed E-state index contributed by atoms with van der Waals surface area (Å²) >= 11 is 0. The highest BCUT2D eigenvalue weighted by atomic mass is 32.2. The van der Waals surface area contributed by atoms with Crippen molar-refractivity contribution >= 4 is 37.5 Å². The number of hydrogen-bond donors (Lipinski definition) is 3. The summed E-state index contributed by atoms with van der Waals surface area (Å²) in [5, 5.41) is 14.3. The number of nitrogens with one attached hydrogen (secondary N) is 2. The van der Waals surface area contributed by atoms with Crippen LogP contribution in [0.1, 0.15) is 30.4 Å². The topological polar surface area (TPSA) is 145 Å². The lowest BCUT2D eigenvalue weighted by atomic mass is 9.77. The average molecular weight is 575 g/mol. The van der Waals surface area contributed by atoms with Gasteiger partial charge in [-0.25, -0.2) is 17.5 Å². The molecule has 2 aliphatic heterocycles. The van der Waals surface area contributed by atoms with Crippen LogP contribution in [-0.2, 0) is 37.9 Å². The first-order valence-corrected chi connectivity index (χ1v) is 15.9. The van der Waals surface area contributed by atoms with Crippen molar-refractivity contribution in [2.24, 2.45) is 22.2 Å². The van der Waals surface area contributed by atoms with E-state index in [1.165, 1.54) is 24.3 Å². The van der Waals surface area contributed by atoms with Crippen LogP contribution in [0.3, 0.4) is 0 Å². The summed E-state index contributed by atoms with van der Waals surface area (Å²) in [7, 11) is -7.77. The van der Waals surface area contributed by atoms with Crippen LogP contribution in [0.2, 0.25) is 0 Å². The lowest BCUT2D eigenvalue weighted by Gasteiger charge is -2.44. The van der Waals surface area contributed by atoms with E-state index in [1.807, 2.05) is 0 Å². The van der Waals surface area contributed by atoms with Crippen molar-refractivity contribution in [1.82, 2.24) is 9.62 Å². The Balaban J connectivity index is 1.37. The van der Waals surface area contributed by atoms with E-state index in [4.69, 9.17) is 0 Å². The molecular weight excluding hydrogens is 547 g/mol. The van der Waals surface area contributed by atoms with Crippen LogP contribution < -0.4 is 10.0 Å². The minimum atomic E-state index is -4.29. The number of sulfonamides is 2. The third-order valence-corrected chi connectivity index (χ3v) is 10.1. The number of amides is 1. The van der Waals surface area contributed by atoms with Crippen LogP contribution in [0.5, 0.6) is 0 Å². The molecule has 2 unspecified atom stereocenters. The summed E-state index contributed by atoms with van der Waals surface area (Å²) in [6.07, 6.45) is 3.72. The molecule has 1 amide bonds. The number of anilines is 1. The summed E-state index contributed by atoms with van der Waals surface area (Å²) in [6.45, 7) is 0.0835. The fraction of sp³-hybridized carbons (Fsp3) is 0.385. The molecule has 2 aliphatic carbocycles. The molecule has 0 spiro atoms. The molecule has 2 saturated carbocycles. The molecule has 13 heteroatoms. The monoisotopic (exact) mass is 574 g/mol. The smallest absolute Gasteiger partial charge is 0.286 e. The maximum Gasteiger partial charge on any atom is 0.286 e. The molecule has 2 fully saturated rings. The maximum atomic E-state index is 13.9. The molecule has 0 saturated heterocycles. The lowest BCUT2D eigenvalue weighted by Crippen LogP contribution is -2.53. The molecule has 0 aromatic heterocycles. The number of aliphatic hydroxyl groups is 1. The van der Waals surface area contributed by atoms with Gasteiger partial charge in [0, 0.05) is 25.0 Å². The Bertz CT molecular complexity index is 1650. The van der Waals surface area contributed by atoms with E-state index in [2.05, 4.69) is 14.4 Å². The van der Waals surface area contributed by atoms with Crippen molar-refractivity contribution in [3.63, 3.8) is 0 Å². The van der Waals surface area contributed by atoms with Crippen LogP contribution in [0, 0.1) is 23.6 Å². The summed E-state index contributed by atoms with van der Waals surface area (Å²) in [4.78, 5) is 15.4. The van der Waals surface area contributed by atoms with Crippen molar-refractivity contribution in [2.75, 3.05) is 11.6 Å². The number of carbonyl (C=O) groups excluding carboxylic acids is 1. The zero-order chi connectivity index (χ0) is 27.7. The van der Waals surface area contributed by atoms with E-state index in [9.17, 15) is 31.1 Å². The molecule has 3 N–H and O–H groups in total. The fourth-order valence-electron chi connectivity index (χ4n) is 6.47. The number of benzene rings is 2. The lowest BCUT2D eigenvalue weighted by molar-refractivity contribution is -0.134. The fourth-order valence-corrected chi connectivity index (χ4v) is 8.07. The van der Waals surface area contributed by atoms with Crippen molar-refractivity contribution in [2.45, 2.75) is 43.3 Å².